The lowest BCUT2D eigenvalue weighted by Gasteiger charge is -2.32. The summed E-state index contributed by atoms with van der Waals surface area (Å²) in [6, 6.07) is 3.35. The summed E-state index contributed by atoms with van der Waals surface area (Å²) in [5.74, 6) is 1.34. The van der Waals surface area contributed by atoms with E-state index < -0.39 is 10.0 Å². The maximum absolute atomic E-state index is 12.5. The summed E-state index contributed by atoms with van der Waals surface area (Å²) in [6.07, 6.45) is 4.04. The van der Waals surface area contributed by atoms with Crippen LogP contribution in [0.3, 0.4) is 0 Å². The molecule has 0 saturated heterocycles. The largest absolute Gasteiger partial charge is 0.447 e. The van der Waals surface area contributed by atoms with E-state index in [4.69, 9.17) is 4.42 Å². The van der Waals surface area contributed by atoms with E-state index in [0.29, 0.717) is 18.2 Å². The summed E-state index contributed by atoms with van der Waals surface area (Å²) in [5.41, 5.74) is 0. The standard InChI is InChI=1S/C14H24N2O3S/c1-11-4-6-12(7-5-11)16(3)20(17,18)14-9-8-13(19-14)10-15-2/h8-9,11-12,15H,4-7,10H2,1-3H3. The fourth-order valence-electron chi connectivity index (χ4n) is 2.71. The number of hydrogen-bond donors (Lipinski definition) is 1. The molecular formula is C14H24N2O3S. The second-order valence-electron chi connectivity index (χ2n) is 5.69. The highest BCUT2D eigenvalue weighted by Gasteiger charge is 2.32. The van der Waals surface area contributed by atoms with Crippen LogP contribution >= 0.6 is 0 Å². The maximum atomic E-state index is 12.5. The first-order valence-corrected chi connectivity index (χ1v) is 8.60. The Morgan fingerprint density at radius 3 is 2.55 bits per heavy atom. The number of rotatable bonds is 5. The van der Waals surface area contributed by atoms with Crippen LogP contribution < -0.4 is 5.32 Å². The van der Waals surface area contributed by atoms with Crippen molar-refractivity contribution in [2.75, 3.05) is 14.1 Å². The van der Waals surface area contributed by atoms with Crippen molar-refractivity contribution in [1.82, 2.24) is 9.62 Å². The van der Waals surface area contributed by atoms with Crippen molar-refractivity contribution in [2.24, 2.45) is 5.92 Å². The first-order chi connectivity index (χ1) is 9.45. The van der Waals surface area contributed by atoms with Crippen LogP contribution in [0.4, 0.5) is 0 Å². The summed E-state index contributed by atoms with van der Waals surface area (Å²) in [7, 11) is -0.0541. The van der Waals surface area contributed by atoms with Crippen LogP contribution in [0, 0.1) is 5.92 Å². The average Bonchev–Trinajstić information content (AvgIpc) is 2.88. The molecule has 0 spiro atoms. The molecule has 2 rings (SSSR count). The summed E-state index contributed by atoms with van der Waals surface area (Å²) in [6.45, 7) is 2.75. The minimum absolute atomic E-state index is 0.0453. The van der Waals surface area contributed by atoms with Crippen molar-refractivity contribution < 1.29 is 12.8 Å². The predicted molar refractivity (Wildman–Crippen MR) is 77.8 cm³/mol. The Hall–Kier alpha value is -0.850. The van der Waals surface area contributed by atoms with Gasteiger partial charge in [0.2, 0.25) is 5.09 Å². The predicted octanol–water partition coefficient (Wildman–Crippen LogP) is 2.20. The molecule has 0 aromatic carbocycles. The lowest BCUT2D eigenvalue weighted by molar-refractivity contribution is 0.242. The molecule has 0 bridgehead atoms. The molecule has 0 unspecified atom stereocenters. The van der Waals surface area contributed by atoms with Crippen LogP contribution in [0.1, 0.15) is 38.4 Å². The van der Waals surface area contributed by atoms with Gasteiger partial charge in [-0.1, -0.05) is 6.92 Å². The van der Waals surface area contributed by atoms with E-state index in [9.17, 15) is 8.42 Å². The summed E-state index contributed by atoms with van der Waals surface area (Å²) in [4.78, 5) is 0. The van der Waals surface area contributed by atoms with Crippen LogP contribution in [0.5, 0.6) is 0 Å². The van der Waals surface area contributed by atoms with E-state index in [2.05, 4.69) is 12.2 Å². The molecule has 6 heteroatoms. The van der Waals surface area contributed by atoms with Crippen LogP contribution in [-0.4, -0.2) is 32.9 Å². The van der Waals surface area contributed by atoms with E-state index in [1.807, 2.05) is 0 Å². The van der Waals surface area contributed by atoms with Gasteiger partial charge < -0.3 is 9.73 Å². The van der Waals surface area contributed by atoms with Gasteiger partial charge in [-0.2, -0.15) is 4.31 Å². The fourth-order valence-corrected chi connectivity index (χ4v) is 4.05. The third-order valence-electron chi connectivity index (χ3n) is 4.12. The average molecular weight is 300 g/mol. The van der Waals surface area contributed by atoms with Gasteiger partial charge >= 0.3 is 0 Å². The Labute approximate surface area is 121 Å². The zero-order valence-corrected chi connectivity index (χ0v) is 13.2. The van der Waals surface area contributed by atoms with E-state index >= 15 is 0 Å². The van der Waals surface area contributed by atoms with Crippen LogP contribution in [0.2, 0.25) is 0 Å². The molecule has 5 nitrogen and oxygen atoms in total. The van der Waals surface area contributed by atoms with Crippen molar-refractivity contribution >= 4 is 10.0 Å². The van der Waals surface area contributed by atoms with Gasteiger partial charge in [-0.3, -0.25) is 0 Å². The number of nitrogens with one attached hydrogen (secondary N) is 1. The molecule has 1 saturated carbocycles. The van der Waals surface area contributed by atoms with Crippen LogP contribution in [-0.2, 0) is 16.6 Å². The summed E-state index contributed by atoms with van der Waals surface area (Å²) in [5, 5.41) is 2.99. The van der Waals surface area contributed by atoms with Crippen molar-refractivity contribution in [3.8, 4) is 0 Å². The van der Waals surface area contributed by atoms with Crippen molar-refractivity contribution in [1.29, 1.82) is 0 Å². The Morgan fingerprint density at radius 2 is 1.95 bits per heavy atom. The highest BCUT2D eigenvalue weighted by molar-refractivity contribution is 7.89. The van der Waals surface area contributed by atoms with E-state index in [0.717, 1.165) is 25.7 Å². The highest BCUT2D eigenvalue weighted by atomic mass is 32.2. The molecule has 0 atom stereocenters. The zero-order valence-electron chi connectivity index (χ0n) is 12.4. The summed E-state index contributed by atoms with van der Waals surface area (Å²) < 4.78 is 32.0. The summed E-state index contributed by atoms with van der Waals surface area (Å²) >= 11 is 0. The SMILES string of the molecule is CNCc1ccc(S(=O)(=O)N(C)C2CCC(C)CC2)o1. The third kappa shape index (κ3) is 3.24. The second kappa shape index (κ2) is 6.28. The maximum Gasteiger partial charge on any atom is 0.276 e. The molecule has 1 aromatic heterocycles. The number of sulfonamides is 1. The van der Waals surface area contributed by atoms with Gasteiger partial charge in [0.1, 0.15) is 5.76 Å². The fraction of sp³-hybridized carbons (Fsp3) is 0.714. The monoisotopic (exact) mass is 300 g/mol. The molecule has 1 N–H and O–H groups in total. The molecule has 1 aliphatic rings. The molecule has 20 heavy (non-hydrogen) atoms. The lowest BCUT2D eigenvalue weighted by atomic mass is 9.87. The van der Waals surface area contributed by atoms with Crippen LogP contribution in [0.25, 0.3) is 0 Å². The lowest BCUT2D eigenvalue weighted by Crippen LogP contribution is -2.39. The number of hydrogen-bond acceptors (Lipinski definition) is 4. The van der Waals surface area contributed by atoms with Crippen molar-refractivity contribution in [3.05, 3.63) is 17.9 Å². The Morgan fingerprint density at radius 1 is 1.30 bits per heavy atom. The quantitative estimate of drug-likeness (QED) is 0.905. The Bertz CT molecular complexity index is 530. The molecule has 0 amide bonds. The van der Waals surface area contributed by atoms with Gasteiger partial charge in [-0.25, -0.2) is 8.42 Å². The van der Waals surface area contributed by atoms with Crippen LogP contribution in [0.15, 0.2) is 21.6 Å². The van der Waals surface area contributed by atoms with E-state index in [1.165, 1.54) is 4.31 Å². The molecule has 1 fully saturated rings. The molecule has 0 radical (unpaired) electrons. The van der Waals surface area contributed by atoms with Gasteiger partial charge in [0.05, 0.1) is 6.54 Å². The normalized spacial score (nSPS) is 24.2. The van der Waals surface area contributed by atoms with Gasteiger partial charge in [0.15, 0.2) is 0 Å². The van der Waals surface area contributed by atoms with Gasteiger partial charge in [-0.05, 0) is 50.8 Å². The molecule has 114 valence electrons. The molecule has 1 aliphatic carbocycles. The van der Waals surface area contributed by atoms with Crippen molar-refractivity contribution in [2.45, 2.75) is 50.3 Å². The minimum atomic E-state index is -3.51. The van der Waals surface area contributed by atoms with Gasteiger partial charge in [0, 0.05) is 13.1 Å². The molecule has 1 aromatic rings. The zero-order chi connectivity index (χ0) is 14.8. The number of furan rings is 1. The van der Waals surface area contributed by atoms with E-state index in [1.54, 1.807) is 26.2 Å². The second-order valence-corrected chi connectivity index (χ2v) is 7.61. The molecular weight excluding hydrogens is 276 g/mol. The topological polar surface area (TPSA) is 62.6 Å². The highest BCUT2D eigenvalue weighted by Crippen LogP contribution is 2.30. The Balaban J connectivity index is 2.12. The smallest absolute Gasteiger partial charge is 0.276 e. The minimum Gasteiger partial charge on any atom is -0.447 e. The van der Waals surface area contributed by atoms with Gasteiger partial charge in [0.25, 0.3) is 10.0 Å². The molecule has 0 aliphatic heterocycles. The van der Waals surface area contributed by atoms with Gasteiger partial charge in [-0.15, -0.1) is 0 Å². The Kier molecular flexibility index (Phi) is 4.88. The third-order valence-corrected chi connectivity index (χ3v) is 5.91. The molecule has 1 heterocycles. The first-order valence-electron chi connectivity index (χ1n) is 7.16. The number of nitrogens with zero attached hydrogens (tertiary/aromatic N) is 1. The van der Waals surface area contributed by atoms with E-state index in [-0.39, 0.29) is 11.1 Å². The van der Waals surface area contributed by atoms with Crippen molar-refractivity contribution in [3.63, 3.8) is 0 Å². The first kappa shape index (κ1) is 15.5.